The lowest BCUT2D eigenvalue weighted by Crippen LogP contribution is -2.30. The summed E-state index contributed by atoms with van der Waals surface area (Å²) in [5.74, 6) is 1.31. The lowest BCUT2D eigenvalue weighted by molar-refractivity contribution is -0.123. The van der Waals surface area contributed by atoms with E-state index in [1.54, 1.807) is 13.4 Å². The molecule has 3 aromatic rings. The van der Waals surface area contributed by atoms with Gasteiger partial charge in [-0.2, -0.15) is 0 Å². The summed E-state index contributed by atoms with van der Waals surface area (Å²) in [5.41, 5.74) is 0.983. The average Bonchev–Trinajstić information content (AvgIpc) is 3.14. The van der Waals surface area contributed by atoms with Gasteiger partial charge in [-0.3, -0.25) is 4.79 Å². The first-order valence-corrected chi connectivity index (χ1v) is 8.00. The predicted octanol–water partition coefficient (Wildman–Crippen LogP) is 4.42. The summed E-state index contributed by atoms with van der Waals surface area (Å²) in [5, 5.41) is 5.18. The maximum Gasteiger partial charge on any atom is 0.227 e. The molecule has 2 atom stereocenters. The SMILES string of the molecule is COc1ccc2cc([C@H](C)C(=O)NC(C)c3ccco3)ccc2c1. The molecule has 0 spiro atoms. The van der Waals surface area contributed by atoms with Crippen molar-refractivity contribution in [1.82, 2.24) is 5.32 Å². The van der Waals surface area contributed by atoms with Crippen molar-refractivity contribution in [1.29, 1.82) is 0 Å². The van der Waals surface area contributed by atoms with Crippen LogP contribution < -0.4 is 10.1 Å². The molecule has 1 amide bonds. The van der Waals surface area contributed by atoms with Gasteiger partial charge in [0.15, 0.2) is 0 Å². The Morgan fingerprint density at radius 1 is 1.08 bits per heavy atom. The number of nitrogens with one attached hydrogen (secondary N) is 1. The number of hydrogen-bond acceptors (Lipinski definition) is 3. The Bertz CT molecular complexity index is 839. The van der Waals surface area contributed by atoms with E-state index in [0.29, 0.717) is 0 Å². The van der Waals surface area contributed by atoms with Crippen LogP contribution in [0.1, 0.15) is 37.1 Å². The van der Waals surface area contributed by atoms with Crippen molar-refractivity contribution in [2.45, 2.75) is 25.8 Å². The standard InChI is InChI=1S/C20H21NO3/c1-13(20(22)21-14(2)19-5-4-10-24-19)15-6-7-17-12-18(23-3)9-8-16(17)11-15/h4-14H,1-3H3,(H,21,22)/t13-,14?/m0/s1. The van der Waals surface area contributed by atoms with Gasteiger partial charge in [-0.1, -0.05) is 24.3 Å². The molecule has 0 aliphatic rings. The molecule has 4 nitrogen and oxygen atoms in total. The van der Waals surface area contributed by atoms with Gasteiger partial charge in [-0.05, 0) is 54.4 Å². The third-order valence-electron chi connectivity index (χ3n) is 4.29. The second kappa shape index (κ2) is 6.79. The van der Waals surface area contributed by atoms with E-state index in [4.69, 9.17) is 9.15 Å². The van der Waals surface area contributed by atoms with Crippen LogP contribution >= 0.6 is 0 Å². The zero-order valence-corrected chi connectivity index (χ0v) is 14.1. The Morgan fingerprint density at radius 3 is 2.54 bits per heavy atom. The van der Waals surface area contributed by atoms with Crippen LogP contribution in [0.5, 0.6) is 5.75 Å². The molecule has 0 fully saturated rings. The summed E-state index contributed by atoms with van der Waals surface area (Å²) in [6, 6.07) is 15.5. The van der Waals surface area contributed by atoms with Crippen molar-refractivity contribution >= 4 is 16.7 Å². The Balaban J connectivity index is 1.77. The molecule has 124 valence electrons. The van der Waals surface area contributed by atoms with E-state index in [2.05, 4.69) is 11.4 Å². The van der Waals surface area contributed by atoms with Crippen LogP contribution in [0, 0.1) is 0 Å². The second-order valence-corrected chi connectivity index (χ2v) is 5.94. The topological polar surface area (TPSA) is 51.5 Å². The van der Waals surface area contributed by atoms with Crippen molar-refractivity contribution < 1.29 is 13.9 Å². The van der Waals surface area contributed by atoms with E-state index in [0.717, 1.165) is 27.8 Å². The number of amides is 1. The van der Waals surface area contributed by atoms with Crippen LogP contribution in [-0.4, -0.2) is 13.0 Å². The summed E-state index contributed by atoms with van der Waals surface area (Å²) >= 11 is 0. The minimum absolute atomic E-state index is 0.0215. The summed E-state index contributed by atoms with van der Waals surface area (Å²) < 4.78 is 10.6. The number of hydrogen-bond donors (Lipinski definition) is 1. The molecular formula is C20H21NO3. The smallest absolute Gasteiger partial charge is 0.227 e. The van der Waals surface area contributed by atoms with Gasteiger partial charge >= 0.3 is 0 Å². The normalized spacial score (nSPS) is 13.5. The van der Waals surface area contributed by atoms with Crippen LogP contribution in [0.3, 0.4) is 0 Å². The van der Waals surface area contributed by atoms with Gasteiger partial charge in [0.05, 0.1) is 25.3 Å². The molecule has 3 rings (SSSR count). The van der Waals surface area contributed by atoms with E-state index in [1.165, 1.54) is 0 Å². The van der Waals surface area contributed by atoms with Gasteiger partial charge in [0.1, 0.15) is 11.5 Å². The second-order valence-electron chi connectivity index (χ2n) is 5.94. The fourth-order valence-electron chi connectivity index (χ4n) is 2.74. The summed E-state index contributed by atoms with van der Waals surface area (Å²) in [4.78, 5) is 12.5. The van der Waals surface area contributed by atoms with Crippen molar-refractivity contribution in [2.24, 2.45) is 0 Å². The van der Waals surface area contributed by atoms with E-state index in [9.17, 15) is 4.79 Å². The van der Waals surface area contributed by atoms with Crippen LogP contribution in [0.2, 0.25) is 0 Å². The highest BCUT2D eigenvalue weighted by Gasteiger charge is 2.19. The molecule has 0 radical (unpaired) electrons. The first kappa shape index (κ1) is 16.1. The Hall–Kier alpha value is -2.75. The molecule has 1 heterocycles. The number of methoxy groups -OCH3 is 1. The molecular weight excluding hydrogens is 302 g/mol. The van der Waals surface area contributed by atoms with Gasteiger partial charge < -0.3 is 14.5 Å². The van der Waals surface area contributed by atoms with E-state index >= 15 is 0 Å². The predicted molar refractivity (Wildman–Crippen MR) is 94.2 cm³/mol. The fraction of sp³-hybridized carbons (Fsp3) is 0.250. The van der Waals surface area contributed by atoms with E-state index in [1.807, 2.05) is 56.3 Å². The monoisotopic (exact) mass is 323 g/mol. The molecule has 0 saturated heterocycles. The molecule has 0 bridgehead atoms. The highest BCUT2D eigenvalue weighted by Crippen LogP contribution is 2.26. The quantitative estimate of drug-likeness (QED) is 0.756. The van der Waals surface area contributed by atoms with Crippen LogP contribution in [0.4, 0.5) is 0 Å². The largest absolute Gasteiger partial charge is 0.497 e. The Labute approximate surface area is 141 Å². The molecule has 1 N–H and O–H groups in total. The van der Waals surface area contributed by atoms with Gasteiger partial charge in [0.25, 0.3) is 0 Å². The maximum absolute atomic E-state index is 12.5. The zero-order valence-electron chi connectivity index (χ0n) is 14.1. The summed E-state index contributed by atoms with van der Waals surface area (Å²) in [6.07, 6.45) is 1.61. The third kappa shape index (κ3) is 3.27. The minimum atomic E-state index is -0.242. The summed E-state index contributed by atoms with van der Waals surface area (Å²) in [6.45, 7) is 3.82. The molecule has 0 aliphatic carbocycles. The maximum atomic E-state index is 12.5. The van der Waals surface area contributed by atoms with Crippen LogP contribution in [-0.2, 0) is 4.79 Å². The number of carbonyl (C=O) groups is 1. The molecule has 1 aromatic heterocycles. The lowest BCUT2D eigenvalue weighted by atomic mass is 9.96. The van der Waals surface area contributed by atoms with Gasteiger partial charge in [-0.15, -0.1) is 0 Å². The van der Waals surface area contributed by atoms with Crippen molar-refractivity contribution in [3.63, 3.8) is 0 Å². The van der Waals surface area contributed by atoms with Gasteiger partial charge in [-0.25, -0.2) is 0 Å². The Morgan fingerprint density at radius 2 is 1.83 bits per heavy atom. The van der Waals surface area contributed by atoms with E-state index < -0.39 is 0 Å². The highest BCUT2D eigenvalue weighted by molar-refractivity contribution is 5.88. The Kier molecular flexibility index (Phi) is 4.56. The van der Waals surface area contributed by atoms with E-state index in [-0.39, 0.29) is 17.9 Å². The lowest BCUT2D eigenvalue weighted by Gasteiger charge is -2.17. The van der Waals surface area contributed by atoms with Crippen LogP contribution in [0.15, 0.2) is 59.2 Å². The van der Waals surface area contributed by atoms with Crippen molar-refractivity contribution in [3.8, 4) is 5.75 Å². The van der Waals surface area contributed by atoms with Crippen molar-refractivity contribution in [2.75, 3.05) is 7.11 Å². The van der Waals surface area contributed by atoms with Crippen molar-refractivity contribution in [3.05, 3.63) is 66.1 Å². The third-order valence-corrected chi connectivity index (χ3v) is 4.29. The first-order valence-electron chi connectivity index (χ1n) is 8.00. The molecule has 0 aliphatic heterocycles. The van der Waals surface area contributed by atoms with Gasteiger partial charge in [0.2, 0.25) is 5.91 Å². The fourth-order valence-corrected chi connectivity index (χ4v) is 2.74. The molecule has 1 unspecified atom stereocenters. The number of carbonyl (C=O) groups excluding carboxylic acids is 1. The molecule has 4 heteroatoms. The zero-order chi connectivity index (χ0) is 17.1. The molecule has 2 aromatic carbocycles. The van der Waals surface area contributed by atoms with Gasteiger partial charge in [0, 0.05) is 0 Å². The number of benzene rings is 2. The molecule has 0 saturated carbocycles. The number of ether oxygens (including phenoxy) is 1. The number of rotatable bonds is 5. The average molecular weight is 323 g/mol. The minimum Gasteiger partial charge on any atom is -0.497 e. The molecule has 24 heavy (non-hydrogen) atoms. The number of fused-ring (bicyclic) bond motifs is 1. The summed E-state index contributed by atoms with van der Waals surface area (Å²) in [7, 11) is 1.65. The van der Waals surface area contributed by atoms with Crippen LogP contribution in [0.25, 0.3) is 10.8 Å². The first-order chi connectivity index (χ1) is 11.6. The highest BCUT2D eigenvalue weighted by atomic mass is 16.5. The number of furan rings is 1.